The number of amides is 2. The standard InChI is InChI=1S/C22H24N4O3.C2H6/c1-29-20-7-6-18(21(27)25-14-16-4-2-9-23-11-8-16)12-19(20)22(28)26-15-17-5-3-10-24-13-17;1-2/h2-7,9-10,12-13,16H,8,11,14-15H2,1H3,(H,25,27)(H,26,28);1-2H3. The topological polar surface area (TPSA) is 92.7 Å². The minimum Gasteiger partial charge on any atom is -0.496 e. The number of carbonyl (C=O) groups excluding carboxylic acids is 2. The number of aliphatic imine (C=N–C) groups is 1. The van der Waals surface area contributed by atoms with Crippen LogP contribution >= 0.6 is 0 Å². The molecule has 0 bridgehead atoms. The van der Waals surface area contributed by atoms with Crippen LogP contribution in [0.2, 0.25) is 0 Å². The van der Waals surface area contributed by atoms with Gasteiger partial charge in [-0.05, 0) is 48.2 Å². The minimum absolute atomic E-state index is 0.229. The molecule has 7 nitrogen and oxygen atoms in total. The van der Waals surface area contributed by atoms with Gasteiger partial charge in [-0.25, -0.2) is 0 Å². The average Bonchev–Trinajstić information content (AvgIpc) is 3.11. The van der Waals surface area contributed by atoms with E-state index in [9.17, 15) is 9.59 Å². The number of nitrogens with zero attached hydrogens (tertiary/aromatic N) is 2. The van der Waals surface area contributed by atoms with Gasteiger partial charge >= 0.3 is 0 Å². The van der Waals surface area contributed by atoms with Crippen molar-refractivity contribution in [3.63, 3.8) is 0 Å². The predicted molar refractivity (Wildman–Crippen MR) is 123 cm³/mol. The number of allylic oxidation sites excluding steroid dienone is 1. The van der Waals surface area contributed by atoms with Gasteiger partial charge in [-0.15, -0.1) is 0 Å². The fourth-order valence-corrected chi connectivity index (χ4v) is 2.98. The van der Waals surface area contributed by atoms with E-state index in [4.69, 9.17) is 4.74 Å². The summed E-state index contributed by atoms with van der Waals surface area (Å²) in [6, 6.07) is 8.52. The van der Waals surface area contributed by atoms with Crippen molar-refractivity contribution in [2.45, 2.75) is 26.8 Å². The van der Waals surface area contributed by atoms with Crippen molar-refractivity contribution < 1.29 is 14.3 Å². The van der Waals surface area contributed by atoms with E-state index in [1.807, 2.05) is 38.1 Å². The quantitative estimate of drug-likeness (QED) is 0.715. The molecule has 164 valence electrons. The van der Waals surface area contributed by atoms with Crippen LogP contribution < -0.4 is 15.4 Å². The number of methoxy groups -OCH3 is 1. The summed E-state index contributed by atoms with van der Waals surface area (Å²) in [5.74, 6) is 0.104. The summed E-state index contributed by atoms with van der Waals surface area (Å²) in [6.45, 7) is 5.60. The van der Waals surface area contributed by atoms with Gasteiger partial charge in [0.15, 0.2) is 0 Å². The molecule has 2 N–H and O–H groups in total. The lowest BCUT2D eigenvalue weighted by molar-refractivity contribution is 0.0948. The van der Waals surface area contributed by atoms with Crippen LogP contribution in [0.1, 0.15) is 46.5 Å². The zero-order valence-electron chi connectivity index (χ0n) is 18.3. The molecule has 0 aliphatic carbocycles. The minimum atomic E-state index is -0.316. The Morgan fingerprint density at radius 3 is 2.74 bits per heavy atom. The Morgan fingerprint density at radius 2 is 2.00 bits per heavy atom. The molecular weight excluding hydrogens is 392 g/mol. The van der Waals surface area contributed by atoms with Gasteiger partial charge in [0, 0.05) is 43.8 Å². The fraction of sp³-hybridized carbons (Fsp3) is 0.333. The molecule has 2 amide bonds. The molecule has 0 saturated carbocycles. The van der Waals surface area contributed by atoms with Crippen LogP contribution in [0.15, 0.2) is 59.9 Å². The van der Waals surface area contributed by atoms with Crippen molar-refractivity contribution in [2.24, 2.45) is 10.9 Å². The summed E-state index contributed by atoms with van der Waals surface area (Å²) < 4.78 is 5.29. The Bertz CT molecular complexity index is 910. The summed E-state index contributed by atoms with van der Waals surface area (Å²) in [5, 5.41) is 5.76. The maximum Gasteiger partial charge on any atom is 0.255 e. The number of hydrogen-bond acceptors (Lipinski definition) is 5. The van der Waals surface area contributed by atoms with E-state index in [-0.39, 0.29) is 17.7 Å². The van der Waals surface area contributed by atoms with Crippen LogP contribution in [0.3, 0.4) is 0 Å². The summed E-state index contributed by atoms with van der Waals surface area (Å²) in [4.78, 5) is 33.5. The maximum absolute atomic E-state index is 12.6. The number of benzene rings is 1. The lowest BCUT2D eigenvalue weighted by Gasteiger charge is -2.14. The number of nitrogens with one attached hydrogen (secondary N) is 2. The highest BCUT2D eigenvalue weighted by Gasteiger charge is 2.17. The normalized spacial score (nSPS) is 14.6. The Morgan fingerprint density at radius 1 is 1.16 bits per heavy atom. The van der Waals surface area contributed by atoms with E-state index in [1.165, 1.54) is 7.11 Å². The van der Waals surface area contributed by atoms with E-state index in [0.717, 1.165) is 18.5 Å². The number of carbonyl (C=O) groups is 2. The largest absolute Gasteiger partial charge is 0.496 e. The van der Waals surface area contributed by atoms with Gasteiger partial charge in [-0.1, -0.05) is 26.0 Å². The second-order valence-corrected chi connectivity index (χ2v) is 6.66. The van der Waals surface area contributed by atoms with Crippen molar-refractivity contribution >= 4 is 18.0 Å². The molecular formula is C24H30N4O3. The summed E-state index contributed by atoms with van der Waals surface area (Å²) in [7, 11) is 1.49. The van der Waals surface area contributed by atoms with Gasteiger partial charge in [0.1, 0.15) is 5.75 Å². The maximum atomic E-state index is 12.6. The molecule has 3 rings (SSSR count). The number of pyridine rings is 1. The Hall–Kier alpha value is -3.48. The van der Waals surface area contributed by atoms with Crippen LogP contribution in [0.4, 0.5) is 0 Å². The first kappa shape index (κ1) is 23.8. The second-order valence-electron chi connectivity index (χ2n) is 6.66. The predicted octanol–water partition coefficient (Wildman–Crippen LogP) is 3.42. The van der Waals surface area contributed by atoms with E-state index in [0.29, 0.717) is 30.0 Å². The molecule has 1 aromatic carbocycles. The number of ether oxygens (including phenoxy) is 1. The highest BCUT2D eigenvalue weighted by atomic mass is 16.5. The van der Waals surface area contributed by atoms with E-state index >= 15 is 0 Å². The van der Waals surface area contributed by atoms with E-state index in [2.05, 4.69) is 20.6 Å². The van der Waals surface area contributed by atoms with E-state index < -0.39 is 0 Å². The van der Waals surface area contributed by atoms with Crippen molar-refractivity contribution in [3.8, 4) is 5.75 Å². The first-order chi connectivity index (χ1) is 15.2. The monoisotopic (exact) mass is 422 g/mol. The SMILES string of the molecule is CC.COc1ccc(C(=O)NCC2C=CC=NCC2)cc1C(=O)NCc1cccnc1. The van der Waals surface area contributed by atoms with E-state index in [1.54, 1.807) is 36.8 Å². The molecule has 1 aliphatic rings. The Balaban J connectivity index is 0.00000166. The van der Waals surface area contributed by atoms with Crippen LogP contribution in [0.5, 0.6) is 5.75 Å². The number of hydrogen-bond donors (Lipinski definition) is 2. The molecule has 1 atom stereocenters. The van der Waals surface area contributed by atoms with Gasteiger partial charge < -0.3 is 15.4 Å². The fourth-order valence-electron chi connectivity index (χ4n) is 2.98. The molecule has 1 aliphatic heterocycles. The van der Waals surface area contributed by atoms with Gasteiger partial charge in [0.25, 0.3) is 11.8 Å². The van der Waals surface area contributed by atoms with Crippen molar-refractivity contribution in [2.75, 3.05) is 20.2 Å². The first-order valence-corrected chi connectivity index (χ1v) is 10.5. The van der Waals surface area contributed by atoms with Crippen molar-refractivity contribution in [1.82, 2.24) is 15.6 Å². The molecule has 0 saturated heterocycles. The van der Waals surface area contributed by atoms with Crippen LogP contribution in [0.25, 0.3) is 0 Å². The average molecular weight is 423 g/mol. The van der Waals surface area contributed by atoms with Gasteiger partial charge in [-0.3, -0.25) is 19.6 Å². The first-order valence-electron chi connectivity index (χ1n) is 10.5. The Labute approximate surface area is 183 Å². The smallest absolute Gasteiger partial charge is 0.255 e. The molecule has 7 heteroatoms. The third-order valence-corrected chi connectivity index (χ3v) is 4.61. The zero-order valence-corrected chi connectivity index (χ0v) is 18.3. The number of rotatable bonds is 7. The van der Waals surface area contributed by atoms with Gasteiger partial charge in [0.05, 0.1) is 12.7 Å². The van der Waals surface area contributed by atoms with Crippen molar-refractivity contribution in [3.05, 3.63) is 71.6 Å². The molecule has 1 aromatic heterocycles. The Kier molecular flexibility index (Phi) is 9.94. The molecule has 0 spiro atoms. The lowest BCUT2D eigenvalue weighted by atomic mass is 10.0. The molecule has 31 heavy (non-hydrogen) atoms. The van der Waals surface area contributed by atoms with Gasteiger partial charge in [0.2, 0.25) is 0 Å². The third kappa shape index (κ3) is 7.37. The lowest BCUT2D eigenvalue weighted by Crippen LogP contribution is -2.29. The summed E-state index contributed by atoms with van der Waals surface area (Å²) >= 11 is 0. The van der Waals surface area contributed by atoms with Crippen molar-refractivity contribution in [1.29, 1.82) is 0 Å². The molecule has 0 radical (unpaired) electrons. The molecule has 2 aromatic rings. The molecule has 2 heterocycles. The third-order valence-electron chi connectivity index (χ3n) is 4.61. The summed E-state index contributed by atoms with van der Waals surface area (Å²) in [6.07, 6.45) is 9.98. The van der Waals surface area contributed by atoms with Gasteiger partial charge in [-0.2, -0.15) is 0 Å². The second kappa shape index (κ2) is 13.0. The van der Waals surface area contributed by atoms with Crippen LogP contribution in [0, 0.1) is 5.92 Å². The van der Waals surface area contributed by atoms with Crippen LogP contribution in [-0.4, -0.2) is 43.2 Å². The highest BCUT2D eigenvalue weighted by molar-refractivity contribution is 6.01. The zero-order chi connectivity index (χ0) is 22.5. The summed E-state index contributed by atoms with van der Waals surface area (Å²) in [5.41, 5.74) is 1.60. The van der Waals surface area contributed by atoms with Crippen LogP contribution in [-0.2, 0) is 6.54 Å². The number of aromatic nitrogens is 1. The molecule has 1 unspecified atom stereocenters. The molecule has 0 fully saturated rings. The highest BCUT2D eigenvalue weighted by Crippen LogP contribution is 2.20.